The zero-order valence-corrected chi connectivity index (χ0v) is 18.7. The minimum Gasteiger partial charge on any atom is -0.438 e. The molecule has 3 N–H and O–H groups in total. The summed E-state index contributed by atoms with van der Waals surface area (Å²) in [4.78, 5) is 29.1. The number of nitrogens with one attached hydrogen (secondary N) is 3. The van der Waals surface area contributed by atoms with Gasteiger partial charge >= 0.3 is 0 Å². The first kappa shape index (κ1) is 23.2. The minimum absolute atomic E-state index is 0.177. The van der Waals surface area contributed by atoms with Gasteiger partial charge in [-0.1, -0.05) is 12.1 Å². The number of anilines is 1. The first-order valence-corrected chi connectivity index (χ1v) is 11.3. The highest BCUT2D eigenvalue weighted by Gasteiger charge is 2.26. The molecule has 0 saturated heterocycles. The number of hydrogen-bond acceptors (Lipinski definition) is 6. The summed E-state index contributed by atoms with van der Waals surface area (Å²) >= 11 is 0. The Bertz CT molecular complexity index is 1210. The van der Waals surface area contributed by atoms with Gasteiger partial charge in [0.05, 0.1) is 12.2 Å². The van der Waals surface area contributed by atoms with Crippen LogP contribution in [0.1, 0.15) is 47.4 Å². The number of furan rings is 1. The van der Waals surface area contributed by atoms with Crippen LogP contribution in [0.5, 0.6) is 0 Å². The van der Waals surface area contributed by atoms with Gasteiger partial charge in [0.2, 0.25) is 5.09 Å². The van der Waals surface area contributed by atoms with Crippen molar-refractivity contribution in [3.05, 3.63) is 77.8 Å². The van der Waals surface area contributed by atoms with E-state index in [1.54, 1.807) is 57.3 Å². The van der Waals surface area contributed by atoms with Gasteiger partial charge in [-0.3, -0.25) is 14.6 Å². The second-order valence-corrected chi connectivity index (χ2v) is 9.63. The summed E-state index contributed by atoms with van der Waals surface area (Å²) in [6.45, 7) is 5.35. The standard InChI is InChI=1S/C22H24N4O5S/c1-22(2,3)26-32(29,30)19-11-10-18(31-19)21(28)25-16-9-6-7-15(13-16)20(27)24-14-17-8-4-5-12-23-17/h4-13,26H,14H2,1-3H3,(H,24,27)(H,25,28). The summed E-state index contributed by atoms with van der Waals surface area (Å²) in [7, 11) is -3.91. The molecule has 0 aliphatic heterocycles. The Balaban J connectivity index is 1.66. The molecule has 2 heterocycles. The van der Waals surface area contributed by atoms with E-state index >= 15 is 0 Å². The fourth-order valence-electron chi connectivity index (χ4n) is 2.75. The average molecular weight is 457 g/mol. The monoisotopic (exact) mass is 456 g/mol. The molecular formula is C22H24N4O5S. The number of aromatic nitrogens is 1. The molecule has 0 saturated carbocycles. The van der Waals surface area contributed by atoms with Crippen molar-refractivity contribution in [2.45, 2.75) is 37.9 Å². The zero-order chi connectivity index (χ0) is 23.4. The fourth-order valence-corrected chi connectivity index (χ4v) is 4.10. The number of pyridine rings is 1. The molecule has 0 bridgehead atoms. The third kappa shape index (κ3) is 6.25. The van der Waals surface area contributed by atoms with E-state index < -0.39 is 21.5 Å². The number of benzene rings is 1. The van der Waals surface area contributed by atoms with Gasteiger partial charge in [-0.2, -0.15) is 0 Å². The summed E-state index contributed by atoms with van der Waals surface area (Å²) in [5.41, 5.74) is 0.714. The quantitative estimate of drug-likeness (QED) is 0.501. The van der Waals surface area contributed by atoms with Gasteiger partial charge in [-0.25, -0.2) is 13.1 Å². The van der Waals surface area contributed by atoms with Crippen LogP contribution < -0.4 is 15.4 Å². The van der Waals surface area contributed by atoms with Crippen LogP contribution in [0.15, 0.2) is 70.3 Å². The van der Waals surface area contributed by atoms with E-state index in [4.69, 9.17) is 4.42 Å². The van der Waals surface area contributed by atoms with E-state index in [1.165, 1.54) is 18.2 Å². The Morgan fingerprint density at radius 1 is 1.00 bits per heavy atom. The van der Waals surface area contributed by atoms with Crippen LogP contribution in [0, 0.1) is 0 Å². The maximum absolute atomic E-state index is 12.5. The molecule has 0 atom stereocenters. The van der Waals surface area contributed by atoms with E-state index in [0.717, 1.165) is 5.69 Å². The number of rotatable bonds is 7. The lowest BCUT2D eigenvalue weighted by atomic mass is 10.1. The van der Waals surface area contributed by atoms with Crippen LogP contribution in [-0.2, 0) is 16.6 Å². The molecule has 0 spiro atoms. The average Bonchev–Trinajstić information content (AvgIpc) is 3.23. The second-order valence-electron chi connectivity index (χ2n) is 8.01. The molecule has 168 valence electrons. The van der Waals surface area contributed by atoms with Crippen LogP contribution in [-0.4, -0.2) is 30.8 Å². The van der Waals surface area contributed by atoms with Crippen molar-refractivity contribution < 1.29 is 22.4 Å². The van der Waals surface area contributed by atoms with Crippen LogP contribution in [0.4, 0.5) is 5.69 Å². The summed E-state index contributed by atoms with van der Waals surface area (Å²) in [5, 5.41) is 5.00. The Kier molecular flexibility index (Phi) is 6.75. The van der Waals surface area contributed by atoms with E-state index in [0.29, 0.717) is 11.3 Å². The molecule has 2 aromatic heterocycles. The van der Waals surface area contributed by atoms with Crippen molar-refractivity contribution in [3.63, 3.8) is 0 Å². The summed E-state index contributed by atoms with van der Waals surface area (Å²) in [5.74, 6) is -1.15. The van der Waals surface area contributed by atoms with Gasteiger partial charge in [0.15, 0.2) is 5.76 Å². The number of carbonyl (C=O) groups excluding carboxylic acids is 2. The number of nitrogens with zero attached hydrogens (tertiary/aromatic N) is 1. The fraction of sp³-hybridized carbons (Fsp3) is 0.227. The molecule has 0 aliphatic carbocycles. The van der Waals surface area contributed by atoms with Crippen LogP contribution in [0.3, 0.4) is 0 Å². The predicted octanol–water partition coefficient (Wildman–Crippen LogP) is 2.93. The molecule has 1 aromatic carbocycles. The van der Waals surface area contributed by atoms with Crippen molar-refractivity contribution in [1.29, 1.82) is 0 Å². The first-order chi connectivity index (χ1) is 15.0. The highest BCUT2D eigenvalue weighted by molar-refractivity contribution is 7.89. The summed E-state index contributed by atoms with van der Waals surface area (Å²) in [6, 6.07) is 14.2. The SMILES string of the molecule is CC(C)(C)NS(=O)(=O)c1ccc(C(=O)Nc2cccc(C(=O)NCc3ccccn3)c2)o1. The maximum atomic E-state index is 12.5. The molecular weight excluding hydrogens is 432 g/mol. The largest absolute Gasteiger partial charge is 0.438 e. The van der Waals surface area contributed by atoms with E-state index in [2.05, 4.69) is 20.3 Å². The van der Waals surface area contributed by atoms with Crippen molar-refractivity contribution in [1.82, 2.24) is 15.0 Å². The summed E-state index contributed by atoms with van der Waals surface area (Å²) < 4.78 is 32.4. The van der Waals surface area contributed by atoms with Crippen LogP contribution in [0.2, 0.25) is 0 Å². The molecule has 2 amide bonds. The smallest absolute Gasteiger partial charge is 0.291 e. The maximum Gasteiger partial charge on any atom is 0.291 e. The van der Waals surface area contributed by atoms with Crippen molar-refractivity contribution in [2.75, 3.05) is 5.32 Å². The molecule has 3 aromatic rings. The lowest BCUT2D eigenvalue weighted by Crippen LogP contribution is -2.40. The lowest BCUT2D eigenvalue weighted by Gasteiger charge is -2.18. The van der Waals surface area contributed by atoms with E-state index in [9.17, 15) is 18.0 Å². The Morgan fingerprint density at radius 2 is 1.78 bits per heavy atom. The van der Waals surface area contributed by atoms with Gasteiger partial charge in [-0.05, 0) is 63.2 Å². The predicted molar refractivity (Wildman–Crippen MR) is 119 cm³/mol. The Morgan fingerprint density at radius 3 is 2.47 bits per heavy atom. The van der Waals surface area contributed by atoms with Gasteiger partial charge in [0, 0.05) is 23.0 Å². The normalized spacial score (nSPS) is 11.7. The third-order valence-electron chi connectivity index (χ3n) is 4.05. The van der Waals surface area contributed by atoms with Crippen molar-refractivity contribution in [3.8, 4) is 0 Å². The number of hydrogen-bond donors (Lipinski definition) is 3. The zero-order valence-electron chi connectivity index (χ0n) is 17.9. The minimum atomic E-state index is -3.91. The van der Waals surface area contributed by atoms with Crippen LogP contribution >= 0.6 is 0 Å². The number of amides is 2. The molecule has 0 unspecified atom stereocenters. The molecule has 0 aliphatic rings. The molecule has 9 nitrogen and oxygen atoms in total. The Labute approximate surface area is 186 Å². The van der Waals surface area contributed by atoms with Gasteiger partial charge in [-0.15, -0.1) is 0 Å². The summed E-state index contributed by atoms with van der Waals surface area (Å²) in [6.07, 6.45) is 1.64. The third-order valence-corrected chi connectivity index (χ3v) is 5.68. The Hall–Kier alpha value is -3.50. The van der Waals surface area contributed by atoms with Gasteiger partial charge in [0.1, 0.15) is 0 Å². The van der Waals surface area contributed by atoms with Crippen molar-refractivity contribution >= 4 is 27.5 Å². The molecule has 10 heteroatoms. The van der Waals surface area contributed by atoms with Crippen molar-refractivity contribution in [2.24, 2.45) is 0 Å². The van der Waals surface area contributed by atoms with E-state index in [1.807, 2.05) is 6.07 Å². The second kappa shape index (κ2) is 9.33. The molecule has 32 heavy (non-hydrogen) atoms. The lowest BCUT2D eigenvalue weighted by molar-refractivity contribution is 0.0948. The van der Waals surface area contributed by atoms with E-state index in [-0.39, 0.29) is 23.3 Å². The van der Waals surface area contributed by atoms with Crippen LogP contribution in [0.25, 0.3) is 0 Å². The van der Waals surface area contributed by atoms with Gasteiger partial charge in [0.25, 0.3) is 21.8 Å². The topological polar surface area (TPSA) is 130 Å². The number of carbonyl (C=O) groups is 2. The first-order valence-electron chi connectivity index (χ1n) is 9.77. The molecule has 3 rings (SSSR count). The highest BCUT2D eigenvalue weighted by atomic mass is 32.2. The highest BCUT2D eigenvalue weighted by Crippen LogP contribution is 2.18. The molecule has 0 fully saturated rings. The molecule has 0 radical (unpaired) electrons. The van der Waals surface area contributed by atoms with Gasteiger partial charge < -0.3 is 15.1 Å². The number of sulfonamides is 1.